The second-order valence-corrected chi connectivity index (χ2v) is 11.4. The number of thiophene rings is 1. The van der Waals surface area contributed by atoms with Crippen molar-refractivity contribution in [3.8, 4) is 22.9 Å². The molecule has 44 heavy (non-hydrogen) atoms. The number of pyridine rings is 1. The van der Waals surface area contributed by atoms with Crippen molar-refractivity contribution in [2.45, 2.75) is 26.6 Å². The predicted octanol–water partition coefficient (Wildman–Crippen LogP) is 6.68. The maximum atomic E-state index is 13.9. The van der Waals surface area contributed by atoms with Crippen LogP contribution in [0.15, 0.2) is 40.5 Å². The third-order valence-corrected chi connectivity index (χ3v) is 8.20. The molecule has 0 aliphatic rings. The van der Waals surface area contributed by atoms with E-state index in [2.05, 4.69) is 9.97 Å². The van der Waals surface area contributed by atoms with E-state index in [1.165, 1.54) is 42.3 Å². The van der Waals surface area contributed by atoms with Gasteiger partial charge in [0.1, 0.15) is 24.3 Å². The molecular formula is C30H23ClF3N5O4S. The highest BCUT2D eigenvalue weighted by Gasteiger charge is 2.37. The summed E-state index contributed by atoms with van der Waals surface area (Å²) in [6, 6.07) is 9.32. The Morgan fingerprint density at radius 1 is 1.18 bits per heavy atom. The fourth-order valence-corrected chi connectivity index (χ4v) is 6.29. The van der Waals surface area contributed by atoms with E-state index in [1.807, 2.05) is 0 Å². The Morgan fingerprint density at radius 3 is 2.55 bits per heavy atom. The molecule has 14 heteroatoms. The summed E-state index contributed by atoms with van der Waals surface area (Å²) in [6.07, 6.45) is -4.77. The molecule has 0 aliphatic heterocycles. The number of aromatic nitrogens is 3. The average Bonchev–Trinajstić information content (AvgIpc) is 3.37. The maximum absolute atomic E-state index is 13.9. The molecular weight excluding hydrogens is 619 g/mol. The van der Waals surface area contributed by atoms with Gasteiger partial charge in [-0.3, -0.25) is 14.3 Å². The molecule has 0 saturated heterocycles. The van der Waals surface area contributed by atoms with Crippen LogP contribution in [-0.2, 0) is 12.7 Å². The molecule has 0 unspecified atom stereocenters. The number of carboxylic acid groups (broad SMARTS) is 1. The number of nitrogens with zero attached hydrogens (tertiary/aromatic N) is 5. The van der Waals surface area contributed by atoms with Gasteiger partial charge in [0.25, 0.3) is 5.56 Å². The van der Waals surface area contributed by atoms with Gasteiger partial charge in [-0.05, 0) is 44.2 Å². The number of nitriles is 1. The zero-order valence-electron chi connectivity index (χ0n) is 23.7. The van der Waals surface area contributed by atoms with E-state index in [9.17, 15) is 33.1 Å². The van der Waals surface area contributed by atoms with Crippen molar-refractivity contribution in [3.63, 3.8) is 0 Å². The molecule has 0 radical (unpaired) electrons. The number of rotatable bonds is 7. The van der Waals surface area contributed by atoms with Crippen LogP contribution in [0.2, 0.25) is 5.02 Å². The zero-order valence-corrected chi connectivity index (χ0v) is 25.3. The van der Waals surface area contributed by atoms with E-state index in [1.54, 1.807) is 37.3 Å². The molecule has 0 amide bonds. The van der Waals surface area contributed by atoms with Gasteiger partial charge in [0.2, 0.25) is 0 Å². The van der Waals surface area contributed by atoms with Crippen molar-refractivity contribution in [2.24, 2.45) is 0 Å². The van der Waals surface area contributed by atoms with Gasteiger partial charge >= 0.3 is 12.1 Å². The molecule has 0 spiro atoms. The number of benzene rings is 2. The Morgan fingerprint density at radius 2 is 1.91 bits per heavy atom. The molecule has 0 aliphatic carbocycles. The Bertz CT molecular complexity index is 2080. The number of hydrogen-bond acceptors (Lipinski definition) is 8. The van der Waals surface area contributed by atoms with E-state index < -0.39 is 34.5 Å². The Hall–Kier alpha value is -4.67. The number of anilines is 1. The fraction of sp³-hybridized carbons (Fsp3) is 0.233. The SMILES string of the molecule is Cc1cc(-c2cc(Cl)ccc2OCCn2c(C)nc3cc(C(F)(F)F)c(N(C)C)c(C#N)c3c2=O)c2scc(C(=O)O)c2n1. The van der Waals surface area contributed by atoms with Gasteiger partial charge in [0.15, 0.2) is 0 Å². The monoisotopic (exact) mass is 641 g/mol. The minimum atomic E-state index is -4.77. The van der Waals surface area contributed by atoms with Crippen molar-refractivity contribution in [1.29, 1.82) is 5.26 Å². The largest absolute Gasteiger partial charge is 0.491 e. The number of ether oxygens (including phenoxy) is 1. The highest BCUT2D eigenvalue weighted by Crippen LogP contribution is 2.41. The van der Waals surface area contributed by atoms with Crippen LogP contribution in [0.1, 0.15) is 33.0 Å². The summed E-state index contributed by atoms with van der Waals surface area (Å²) < 4.78 is 49.6. The molecule has 5 rings (SSSR count). The molecule has 0 fully saturated rings. The molecule has 0 atom stereocenters. The second-order valence-electron chi connectivity index (χ2n) is 10.1. The first-order valence-corrected chi connectivity index (χ1v) is 14.3. The highest BCUT2D eigenvalue weighted by molar-refractivity contribution is 7.18. The van der Waals surface area contributed by atoms with Crippen LogP contribution in [0.4, 0.5) is 18.9 Å². The molecule has 1 N–H and O–H groups in total. The summed E-state index contributed by atoms with van der Waals surface area (Å²) in [4.78, 5) is 35.2. The van der Waals surface area contributed by atoms with E-state index in [0.29, 0.717) is 37.8 Å². The second kappa shape index (κ2) is 11.4. The van der Waals surface area contributed by atoms with E-state index in [0.717, 1.165) is 11.0 Å². The maximum Gasteiger partial charge on any atom is 0.418 e. The number of fused-ring (bicyclic) bond motifs is 2. The van der Waals surface area contributed by atoms with Crippen LogP contribution in [0, 0.1) is 25.2 Å². The lowest BCUT2D eigenvalue weighted by Gasteiger charge is -2.22. The molecule has 3 aromatic heterocycles. The smallest absolute Gasteiger partial charge is 0.418 e. The lowest BCUT2D eigenvalue weighted by molar-refractivity contribution is -0.137. The summed E-state index contributed by atoms with van der Waals surface area (Å²) in [5, 5.41) is 21.2. The van der Waals surface area contributed by atoms with Crippen molar-refractivity contribution >= 4 is 55.7 Å². The van der Waals surface area contributed by atoms with Crippen LogP contribution in [-0.4, -0.2) is 46.3 Å². The molecule has 226 valence electrons. The lowest BCUT2D eigenvalue weighted by Crippen LogP contribution is -2.28. The van der Waals surface area contributed by atoms with Crippen molar-refractivity contribution < 1.29 is 27.8 Å². The van der Waals surface area contributed by atoms with Crippen molar-refractivity contribution in [3.05, 3.63) is 79.3 Å². The Kier molecular flexibility index (Phi) is 8.00. The fourth-order valence-electron chi connectivity index (χ4n) is 5.11. The van der Waals surface area contributed by atoms with Gasteiger partial charge in [0, 0.05) is 41.3 Å². The molecule has 5 aromatic rings. The van der Waals surface area contributed by atoms with Gasteiger partial charge in [-0.15, -0.1) is 11.3 Å². The summed E-state index contributed by atoms with van der Waals surface area (Å²) in [6.45, 7) is 3.14. The van der Waals surface area contributed by atoms with Gasteiger partial charge in [-0.25, -0.2) is 9.78 Å². The topological polar surface area (TPSA) is 121 Å². The normalized spacial score (nSPS) is 11.6. The summed E-state index contributed by atoms with van der Waals surface area (Å²) >= 11 is 7.55. The van der Waals surface area contributed by atoms with Crippen LogP contribution in [0.25, 0.3) is 32.2 Å². The van der Waals surface area contributed by atoms with Crippen molar-refractivity contribution in [1.82, 2.24) is 14.5 Å². The molecule has 0 bridgehead atoms. The molecule has 2 aromatic carbocycles. The third kappa shape index (κ3) is 5.42. The number of aryl methyl sites for hydroxylation is 2. The number of carbonyl (C=O) groups is 1. The minimum absolute atomic E-state index is 0.0359. The van der Waals surface area contributed by atoms with Crippen LogP contribution in [0.3, 0.4) is 0 Å². The third-order valence-electron chi connectivity index (χ3n) is 6.96. The number of alkyl halides is 3. The first-order valence-electron chi connectivity index (χ1n) is 13.0. The molecule has 0 saturated carbocycles. The van der Waals surface area contributed by atoms with E-state index in [-0.39, 0.29) is 35.4 Å². The van der Waals surface area contributed by atoms with Crippen LogP contribution < -0.4 is 15.2 Å². The van der Waals surface area contributed by atoms with Gasteiger partial charge in [0.05, 0.1) is 50.0 Å². The lowest BCUT2D eigenvalue weighted by atomic mass is 10.0. The average molecular weight is 642 g/mol. The van der Waals surface area contributed by atoms with Gasteiger partial charge < -0.3 is 14.7 Å². The van der Waals surface area contributed by atoms with E-state index >= 15 is 0 Å². The quantitative estimate of drug-likeness (QED) is 0.209. The first-order chi connectivity index (χ1) is 20.7. The summed E-state index contributed by atoms with van der Waals surface area (Å²) in [7, 11) is 2.73. The van der Waals surface area contributed by atoms with Crippen LogP contribution >= 0.6 is 22.9 Å². The zero-order chi connectivity index (χ0) is 32.1. The number of halogens is 4. The summed E-state index contributed by atoms with van der Waals surface area (Å²) in [5.74, 6) is -0.559. The highest BCUT2D eigenvalue weighted by atomic mass is 35.5. The Balaban J connectivity index is 1.55. The van der Waals surface area contributed by atoms with Crippen LogP contribution in [0.5, 0.6) is 5.75 Å². The standard InChI is InChI=1S/C30H23ClF3N5O4S/c1-14-9-18(27-25(36-14)20(13-44-27)29(41)42)17-10-16(31)5-6-23(17)43-8-7-39-15(2)37-22-11-21(30(32,33)34)26(38(3)4)19(12-35)24(22)28(39)40/h5-6,9-11,13H,7-8H2,1-4H3,(H,41,42). The minimum Gasteiger partial charge on any atom is -0.491 e. The Labute approximate surface area is 257 Å². The number of carboxylic acids is 1. The van der Waals surface area contributed by atoms with Crippen molar-refractivity contribution in [2.75, 3.05) is 25.6 Å². The van der Waals surface area contributed by atoms with E-state index in [4.69, 9.17) is 16.3 Å². The summed E-state index contributed by atoms with van der Waals surface area (Å²) in [5.41, 5.74) is -0.545. The number of aromatic carboxylic acids is 1. The first kappa shape index (κ1) is 30.8. The van der Waals surface area contributed by atoms with Gasteiger partial charge in [-0.1, -0.05) is 11.6 Å². The van der Waals surface area contributed by atoms with Gasteiger partial charge in [-0.2, -0.15) is 18.4 Å². The molecule has 9 nitrogen and oxygen atoms in total. The predicted molar refractivity (Wildman–Crippen MR) is 162 cm³/mol. The molecule has 3 heterocycles. The number of hydrogen-bond donors (Lipinski definition) is 1.